The number of carbonyl (C=O) groups is 9. The number of nitrogens with two attached hydrogens (primary N) is 3. The van der Waals surface area contributed by atoms with Crippen LogP contribution in [-0.2, 0) is 43.0 Å². The fourth-order valence-electron chi connectivity index (χ4n) is 16.8. The van der Waals surface area contributed by atoms with Gasteiger partial charge < -0.3 is 84.2 Å². The quantitative estimate of drug-likeness (QED) is 0.0179. The van der Waals surface area contributed by atoms with Gasteiger partial charge >= 0.3 is 36.0 Å². The number of rotatable bonds is 20. The van der Waals surface area contributed by atoms with Gasteiger partial charge in [-0.05, 0) is 114 Å². The number of halogens is 7. The number of piperazine rings is 2. The lowest BCUT2D eigenvalue weighted by Gasteiger charge is -2.43. The molecule has 712 valence electrons. The molecule has 0 spiro atoms. The van der Waals surface area contributed by atoms with E-state index < -0.39 is 101 Å². The molecule has 9 N–H and O–H groups in total. The van der Waals surface area contributed by atoms with Gasteiger partial charge in [0.05, 0.1) is 75.7 Å². The van der Waals surface area contributed by atoms with E-state index >= 15 is 0 Å². The van der Waals surface area contributed by atoms with Crippen molar-refractivity contribution in [3.05, 3.63) is 195 Å². The van der Waals surface area contributed by atoms with E-state index in [0.717, 1.165) is 19.4 Å². The number of amides is 9. The fourth-order valence-corrected chi connectivity index (χ4v) is 19.7. The molecule has 2 unspecified atom stereocenters. The molecule has 3 aromatic heterocycles. The van der Waals surface area contributed by atoms with Crippen LogP contribution in [0.2, 0.25) is 15.1 Å². The molecule has 32 nitrogen and oxygen atoms in total. The van der Waals surface area contributed by atoms with E-state index in [4.69, 9.17) is 76.2 Å². The average molecular weight is 2000 g/mol. The Kier molecular flexibility index (Phi) is 36.2. The summed E-state index contributed by atoms with van der Waals surface area (Å²) >= 11 is 26.5. The van der Waals surface area contributed by atoms with Gasteiger partial charge in [0.15, 0.2) is 32.5 Å². The second kappa shape index (κ2) is 44.6. The second-order valence-electron chi connectivity index (χ2n) is 33.7. The summed E-state index contributed by atoms with van der Waals surface area (Å²) in [5, 5.41) is 16.7. The summed E-state index contributed by atoms with van der Waals surface area (Å²) in [6.45, 7) is 26.8. The zero-order valence-corrected chi connectivity index (χ0v) is 79.2. The molecule has 6 aromatic rings. The molecular formula is C89H116BrCl3F3N20O12S3-. The number of benzene rings is 3. The number of fused-ring (bicyclic) bond motifs is 3. The molecule has 9 atom stereocenters. The molecule has 0 radical (unpaired) electrons. The predicted molar refractivity (Wildman–Crippen MR) is 507 cm³/mol. The van der Waals surface area contributed by atoms with Crippen LogP contribution in [0, 0.1) is 30.8 Å². The smallest absolute Gasteiger partial charge is 0.338 e. The van der Waals surface area contributed by atoms with Gasteiger partial charge in [0, 0.05) is 156 Å². The molecule has 3 aromatic carbocycles. The second-order valence-corrected chi connectivity index (χ2v) is 38.1. The minimum Gasteiger partial charge on any atom is -0.463 e. The van der Waals surface area contributed by atoms with E-state index in [0.29, 0.717) is 106 Å². The molecular weight excluding hydrogens is 1880 g/mol. The van der Waals surface area contributed by atoms with Crippen molar-refractivity contribution in [3.63, 3.8) is 0 Å². The lowest BCUT2D eigenvalue weighted by Crippen LogP contribution is -2.64. The number of hydrogen-bond acceptors (Lipinski definition) is 26. The van der Waals surface area contributed by atoms with Gasteiger partial charge in [0.2, 0.25) is 17.7 Å². The number of piperidine rings is 1. The Labute approximate surface area is 797 Å². The topological polar surface area (TPSA) is 397 Å². The maximum atomic E-state index is 14.6. The van der Waals surface area contributed by atoms with E-state index in [1.807, 2.05) is 87.3 Å². The number of nitrogens with one attached hydrogen (secondary N) is 3. The molecule has 131 heavy (non-hydrogen) atoms. The number of hydrogen-bond donors (Lipinski definition) is 6. The van der Waals surface area contributed by atoms with E-state index in [1.165, 1.54) is 70.4 Å². The normalized spacial score (nSPS) is 22.0. The summed E-state index contributed by atoms with van der Waals surface area (Å²) in [7, 11) is 0. The first-order chi connectivity index (χ1) is 60.2. The summed E-state index contributed by atoms with van der Waals surface area (Å²) in [5.74, 6) is -4.11. The van der Waals surface area contributed by atoms with Crippen molar-refractivity contribution in [3.8, 4) is 0 Å². The molecule has 9 aliphatic heterocycles. The average Bonchev–Trinajstić information content (AvgIpc) is 1.74. The van der Waals surface area contributed by atoms with Crippen molar-refractivity contribution >= 4 is 156 Å². The number of aliphatic imine (C=N–C) groups is 3. The third-order valence-electron chi connectivity index (χ3n) is 22.7. The number of nitrogens with zero attached hydrogens (tertiary/aromatic N) is 14. The summed E-state index contributed by atoms with van der Waals surface area (Å²) in [5.41, 5.74) is 19.2. The standard InChI is InChI=1S/2C28H33ClFN7O4S.C17H14BrClFN3O2S.C12H21N3O2.3CH4.CH3/c2*1-5-41-26(39)19-17(13-35-10-11-36-18(22(35)23(31)38)14-37(27(36)40)28(2,3)4)33-24(25-32-9-12-42-25)34-21(19)15-7-6-8-16(30)20(15)29;1-2-25-17(24)12-11(8-18)22-15(16-21-6-7-26-16)23-14(12)9-4-3-5-10(20)13(9)19;1-12(2,3)15-7-9-8(10(13)16)5-4-6-14(9)11(15)17;;;;/h2*6-9,12,18,21-22H,5,10-11,13-14H2,1-4H3,(H2,31,38)(H,33,34);3-7,14H,2,8H2,1H3,(H,22,23);8-9H,4-7H2,1-3H3,(H2,13,16);3*1H4;1H3/q;;;;;;;-1/t18-,21+,22+;18-,21-,22+;14-;;;;;/m100...../s1. The van der Waals surface area contributed by atoms with Crippen molar-refractivity contribution in [2.24, 2.45) is 38.1 Å². The van der Waals surface area contributed by atoms with Crippen molar-refractivity contribution in [2.75, 3.05) is 90.6 Å². The van der Waals surface area contributed by atoms with Crippen LogP contribution in [0.3, 0.4) is 0 Å². The van der Waals surface area contributed by atoms with Crippen LogP contribution in [0.1, 0.15) is 168 Å². The molecule has 9 amide bonds. The number of primary amides is 3. The maximum Gasteiger partial charge on any atom is 0.338 e. The summed E-state index contributed by atoms with van der Waals surface area (Å²) in [6.07, 6.45) is 6.58. The number of urea groups is 3. The molecule has 6 fully saturated rings. The first-order valence-electron chi connectivity index (χ1n) is 41.2. The predicted octanol–water partition coefficient (Wildman–Crippen LogP) is 13.2. The SMILES string of the molecule is C.C.C.CC(C)(C)N1CC2C(C(N)=O)CCCN2C1=O.CCOC(=O)C1=C(CBr)NC(c2nccs2)=N[C@H]1c1cccc(F)c1Cl.CCOC(=O)C1=C(CN2CCN3C(=O)N(C(C)(C)C)C[C@@H]3[C@H]2C(N)=O)NC(c2nccs2)=N[C@H]1c1cccc(F)c1Cl.CCOC(=O)C1=C(CN2CCN3C(=O)N(C(C)(C)C)C[C@H]3[C@@H]2C(N)=O)NC(c2nccs2)=N[C@H]1c1cccc(F)c1Cl.[CH3-]. The Hall–Kier alpha value is -10.1. The van der Waals surface area contributed by atoms with Crippen LogP contribution < -0.4 is 33.2 Å². The van der Waals surface area contributed by atoms with Crippen LogP contribution in [0.25, 0.3) is 0 Å². The highest BCUT2D eigenvalue weighted by atomic mass is 79.9. The van der Waals surface area contributed by atoms with Crippen molar-refractivity contribution < 1.29 is 70.5 Å². The zero-order chi connectivity index (χ0) is 92.2. The van der Waals surface area contributed by atoms with E-state index in [1.54, 1.807) is 87.9 Å². The van der Waals surface area contributed by atoms with Crippen LogP contribution >= 0.6 is 84.7 Å². The molecule has 9 aliphatic rings. The molecule has 15 rings (SSSR count). The van der Waals surface area contributed by atoms with Gasteiger partial charge in [0.25, 0.3) is 0 Å². The van der Waals surface area contributed by atoms with E-state index in [2.05, 4.69) is 51.8 Å². The number of carbonyl (C=O) groups excluding carboxylic acids is 9. The third-order valence-corrected chi connectivity index (χ3v) is 26.8. The lowest BCUT2D eigenvalue weighted by molar-refractivity contribution is -0.140. The molecule has 0 aliphatic carbocycles. The van der Waals surface area contributed by atoms with E-state index in [-0.39, 0.29) is 147 Å². The summed E-state index contributed by atoms with van der Waals surface area (Å²) in [4.78, 5) is 157. The number of thiazole rings is 3. The molecule has 6 saturated heterocycles. The van der Waals surface area contributed by atoms with Crippen molar-refractivity contribution in [1.29, 1.82) is 0 Å². The minimum absolute atomic E-state index is 0. The van der Waals surface area contributed by atoms with Gasteiger partial charge in [-0.3, -0.25) is 39.2 Å². The zero-order valence-electron chi connectivity index (χ0n) is 72.9. The maximum absolute atomic E-state index is 14.6. The number of amidine groups is 3. The van der Waals surface area contributed by atoms with Crippen molar-refractivity contribution in [2.45, 2.75) is 183 Å². The van der Waals surface area contributed by atoms with Crippen LogP contribution in [-0.4, -0.2) is 263 Å². The van der Waals surface area contributed by atoms with Gasteiger partial charge in [-0.1, -0.05) is 109 Å². The Bertz CT molecular complexity index is 5160. The third kappa shape index (κ3) is 22.9. The van der Waals surface area contributed by atoms with Crippen LogP contribution in [0.5, 0.6) is 0 Å². The summed E-state index contributed by atoms with van der Waals surface area (Å²) in [6, 6.07) is 7.44. The molecule has 0 bridgehead atoms. The Morgan fingerprint density at radius 2 is 0.779 bits per heavy atom. The molecule has 42 heteroatoms. The molecule has 0 saturated carbocycles. The lowest BCUT2D eigenvalue weighted by atomic mass is 9.89. The van der Waals surface area contributed by atoms with Gasteiger partial charge in [0.1, 0.15) is 47.7 Å². The van der Waals surface area contributed by atoms with Gasteiger partial charge in [-0.15, -0.1) is 34.0 Å². The highest BCUT2D eigenvalue weighted by molar-refractivity contribution is 9.09. The Morgan fingerprint density at radius 1 is 0.473 bits per heavy atom. The largest absolute Gasteiger partial charge is 0.463 e. The number of allylic oxidation sites excluding steroid dienone is 1. The summed E-state index contributed by atoms with van der Waals surface area (Å²) < 4.78 is 59.3. The number of ether oxygens (including phenoxy) is 3. The number of aromatic nitrogens is 3. The monoisotopic (exact) mass is 1990 g/mol. The Balaban J connectivity index is 0.000000224. The highest BCUT2D eigenvalue weighted by Crippen LogP contribution is 2.44. The fraction of sp³-hybridized carbons (Fsp3) is 0.483. The highest BCUT2D eigenvalue weighted by Gasteiger charge is 2.55. The van der Waals surface area contributed by atoms with Gasteiger partial charge in [-0.25, -0.2) is 56.9 Å². The Morgan fingerprint density at radius 3 is 1.06 bits per heavy atom. The van der Waals surface area contributed by atoms with Crippen LogP contribution in [0.4, 0.5) is 27.6 Å². The van der Waals surface area contributed by atoms with Crippen molar-refractivity contribution in [1.82, 2.24) is 70.1 Å². The van der Waals surface area contributed by atoms with Crippen LogP contribution in [0.15, 0.2) is 138 Å². The van der Waals surface area contributed by atoms with E-state index in [9.17, 15) is 56.3 Å². The first-order valence-corrected chi connectivity index (χ1v) is 46.0. The minimum atomic E-state index is -1.01. The number of esters is 3. The molecule has 12 heterocycles. The number of alkyl halides is 1. The van der Waals surface area contributed by atoms with Gasteiger partial charge in [-0.2, -0.15) is 0 Å². The first kappa shape index (κ1) is 106.